The second kappa shape index (κ2) is 5.30. The van der Waals surface area contributed by atoms with Crippen molar-refractivity contribution in [1.82, 2.24) is 9.97 Å². The molecule has 3 rings (SSSR count). The molecule has 2 unspecified atom stereocenters. The van der Waals surface area contributed by atoms with Gasteiger partial charge in [-0.05, 0) is 44.7 Å². The summed E-state index contributed by atoms with van der Waals surface area (Å²) in [5, 5.41) is 1.22. The molecule has 4 nitrogen and oxygen atoms in total. The van der Waals surface area contributed by atoms with Crippen LogP contribution in [0.25, 0.3) is 10.2 Å². The van der Waals surface area contributed by atoms with E-state index < -0.39 is 0 Å². The summed E-state index contributed by atoms with van der Waals surface area (Å²) in [4.78, 5) is 13.8. The predicted molar refractivity (Wildman–Crippen MR) is 85.5 cm³/mol. The summed E-state index contributed by atoms with van der Waals surface area (Å²) < 4.78 is 0. The van der Waals surface area contributed by atoms with Crippen LogP contribution in [0.1, 0.15) is 29.7 Å². The fraction of sp³-hybridized carbons (Fsp3) is 0.600. The monoisotopic (exact) mass is 290 g/mol. The van der Waals surface area contributed by atoms with E-state index in [9.17, 15) is 0 Å². The van der Waals surface area contributed by atoms with Gasteiger partial charge >= 0.3 is 0 Å². The summed E-state index contributed by atoms with van der Waals surface area (Å²) in [6.07, 6.45) is 5.41. The van der Waals surface area contributed by atoms with Crippen molar-refractivity contribution in [2.45, 2.75) is 39.2 Å². The van der Waals surface area contributed by atoms with Gasteiger partial charge in [-0.1, -0.05) is 6.42 Å². The fourth-order valence-electron chi connectivity index (χ4n) is 3.39. The molecule has 108 valence electrons. The maximum absolute atomic E-state index is 5.93. The molecule has 1 aliphatic rings. The van der Waals surface area contributed by atoms with E-state index in [2.05, 4.69) is 35.8 Å². The SMILES string of the molecule is Cc1sc2ncnc(N(C)C3CCCC3CN)c2c1C. The average molecular weight is 290 g/mol. The van der Waals surface area contributed by atoms with E-state index in [1.54, 1.807) is 17.7 Å². The molecule has 0 aromatic carbocycles. The summed E-state index contributed by atoms with van der Waals surface area (Å²) >= 11 is 1.76. The zero-order valence-electron chi connectivity index (χ0n) is 12.4. The molecular weight excluding hydrogens is 268 g/mol. The molecule has 1 aliphatic carbocycles. The first-order chi connectivity index (χ1) is 9.63. The van der Waals surface area contributed by atoms with Crippen molar-refractivity contribution in [3.8, 4) is 0 Å². The second-order valence-corrected chi connectivity index (χ2v) is 6.97. The number of thiophene rings is 1. The van der Waals surface area contributed by atoms with E-state index >= 15 is 0 Å². The van der Waals surface area contributed by atoms with E-state index in [4.69, 9.17) is 5.73 Å². The number of nitrogens with zero attached hydrogens (tertiary/aromatic N) is 3. The molecule has 2 N–H and O–H groups in total. The normalized spacial score (nSPS) is 22.6. The van der Waals surface area contributed by atoms with Crippen molar-refractivity contribution >= 4 is 27.4 Å². The first-order valence-electron chi connectivity index (χ1n) is 7.27. The summed E-state index contributed by atoms with van der Waals surface area (Å²) in [5.74, 6) is 1.66. The summed E-state index contributed by atoms with van der Waals surface area (Å²) in [6.45, 7) is 5.10. The molecule has 0 bridgehead atoms. The highest BCUT2D eigenvalue weighted by molar-refractivity contribution is 7.18. The summed E-state index contributed by atoms with van der Waals surface area (Å²) in [6, 6.07) is 0.512. The predicted octanol–water partition coefficient (Wildman–Crippen LogP) is 2.87. The van der Waals surface area contributed by atoms with Crippen molar-refractivity contribution < 1.29 is 0 Å². The third kappa shape index (κ3) is 2.09. The van der Waals surface area contributed by atoms with Crippen LogP contribution in [0.2, 0.25) is 0 Å². The van der Waals surface area contributed by atoms with Gasteiger partial charge in [0.1, 0.15) is 17.0 Å². The number of aromatic nitrogens is 2. The molecular formula is C15H22N4S. The molecule has 0 amide bonds. The first-order valence-corrected chi connectivity index (χ1v) is 8.08. The molecule has 2 heterocycles. The minimum Gasteiger partial charge on any atom is -0.356 e. The Hall–Kier alpha value is -1.20. The van der Waals surface area contributed by atoms with Gasteiger partial charge in [0.15, 0.2) is 0 Å². The molecule has 5 heteroatoms. The highest BCUT2D eigenvalue weighted by Crippen LogP contribution is 2.37. The molecule has 1 fully saturated rings. The third-order valence-corrected chi connectivity index (χ3v) is 5.81. The molecule has 0 spiro atoms. The number of hydrogen-bond acceptors (Lipinski definition) is 5. The van der Waals surface area contributed by atoms with E-state index in [1.165, 1.54) is 35.1 Å². The van der Waals surface area contributed by atoms with Crippen molar-refractivity contribution in [2.24, 2.45) is 11.7 Å². The summed E-state index contributed by atoms with van der Waals surface area (Å²) in [5.41, 5.74) is 7.24. The Morgan fingerprint density at radius 2 is 2.15 bits per heavy atom. The number of nitrogens with two attached hydrogens (primary N) is 1. The van der Waals surface area contributed by atoms with Gasteiger partial charge in [-0.3, -0.25) is 0 Å². The van der Waals surface area contributed by atoms with Crippen LogP contribution in [0, 0.1) is 19.8 Å². The Morgan fingerprint density at radius 3 is 2.90 bits per heavy atom. The van der Waals surface area contributed by atoms with E-state index in [-0.39, 0.29) is 0 Å². The minimum atomic E-state index is 0.512. The van der Waals surface area contributed by atoms with Gasteiger partial charge in [0.2, 0.25) is 0 Å². The lowest BCUT2D eigenvalue weighted by Gasteiger charge is -2.30. The second-order valence-electron chi connectivity index (χ2n) is 5.77. The number of aryl methyl sites for hydroxylation is 2. The van der Waals surface area contributed by atoms with Crippen LogP contribution >= 0.6 is 11.3 Å². The largest absolute Gasteiger partial charge is 0.356 e. The minimum absolute atomic E-state index is 0.512. The van der Waals surface area contributed by atoms with Crippen LogP contribution in [-0.2, 0) is 0 Å². The molecule has 0 aliphatic heterocycles. The van der Waals surface area contributed by atoms with Crippen LogP contribution in [0.15, 0.2) is 6.33 Å². The van der Waals surface area contributed by atoms with Crippen LogP contribution in [0.5, 0.6) is 0 Å². The van der Waals surface area contributed by atoms with Gasteiger partial charge in [-0.2, -0.15) is 0 Å². The third-order valence-electron chi connectivity index (χ3n) is 4.70. The fourth-order valence-corrected chi connectivity index (χ4v) is 4.38. The van der Waals surface area contributed by atoms with Gasteiger partial charge in [0, 0.05) is 18.0 Å². The number of anilines is 1. The number of hydrogen-bond donors (Lipinski definition) is 1. The maximum atomic E-state index is 5.93. The first kappa shape index (κ1) is 13.8. The van der Waals surface area contributed by atoms with E-state index in [0.717, 1.165) is 17.2 Å². The smallest absolute Gasteiger partial charge is 0.141 e. The Kier molecular flexibility index (Phi) is 3.65. The van der Waals surface area contributed by atoms with E-state index in [1.807, 2.05) is 0 Å². The van der Waals surface area contributed by atoms with Crippen molar-refractivity contribution in [3.63, 3.8) is 0 Å². The Labute approximate surface area is 124 Å². The average Bonchev–Trinajstić information content (AvgIpc) is 3.03. The molecule has 20 heavy (non-hydrogen) atoms. The molecule has 0 radical (unpaired) electrons. The van der Waals surface area contributed by atoms with Crippen molar-refractivity contribution in [1.29, 1.82) is 0 Å². The zero-order chi connectivity index (χ0) is 14.3. The van der Waals surface area contributed by atoms with E-state index in [0.29, 0.717) is 12.0 Å². The lowest BCUT2D eigenvalue weighted by Crippen LogP contribution is -2.38. The Bertz CT molecular complexity index is 622. The molecule has 1 saturated carbocycles. The van der Waals surface area contributed by atoms with Gasteiger partial charge in [-0.25, -0.2) is 9.97 Å². The number of fused-ring (bicyclic) bond motifs is 1. The Balaban J connectivity index is 2.05. The summed E-state index contributed by atoms with van der Waals surface area (Å²) in [7, 11) is 2.16. The van der Waals surface area contributed by atoms with Crippen LogP contribution in [0.4, 0.5) is 5.82 Å². The van der Waals surface area contributed by atoms with Crippen LogP contribution < -0.4 is 10.6 Å². The Morgan fingerprint density at radius 1 is 1.35 bits per heavy atom. The van der Waals surface area contributed by atoms with Crippen molar-refractivity contribution in [3.05, 3.63) is 16.8 Å². The topological polar surface area (TPSA) is 55.0 Å². The number of rotatable bonds is 3. The molecule has 2 aromatic rings. The van der Waals surface area contributed by atoms with Gasteiger partial charge in [0.05, 0.1) is 5.39 Å². The maximum Gasteiger partial charge on any atom is 0.141 e. The van der Waals surface area contributed by atoms with Crippen LogP contribution in [-0.4, -0.2) is 29.6 Å². The van der Waals surface area contributed by atoms with Gasteiger partial charge in [-0.15, -0.1) is 11.3 Å². The zero-order valence-corrected chi connectivity index (χ0v) is 13.2. The molecule has 0 saturated heterocycles. The highest BCUT2D eigenvalue weighted by atomic mass is 32.1. The molecule has 2 aromatic heterocycles. The van der Waals surface area contributed by atoms with Gasteiger partial charge < -0.3 is 10.6 Å². The van der Waals surface area contributed by atoms with Gasteiger partial charge in [0.25, 0.3) is 0 Å². The quantitative estimate of drug-likeness (QED) is 0.944. The van der Waals surface area contributed by atoms with Crippen molar-refractivity contribution in [2.75, 3.05) is 18.5 Å². The lowest BCUT2D eigenvalue weighted by molar-refractivity contribution is 0.473. The molecule has 2 atom stereocenters. The highest BCUT2D eigenvalue weighted by Gasteiger charge is 2.31. The standard InChI is InChI=1S/C15H22N4S/c1-9-10(2)20-15-13(9)14(17-8-18-15)19(3)12-6-4-5-11(12)7-16/h8,11-12H,4-7,16H2,1-3H3. The lowest BCUT2D eigenvalue weighted by atomic mass is 10.0. The van der Waals surface area contributed by atoms with Crippen LogP contribution in [0.3, 0.4) is 0 Å².